The molecule has 17 heavy (non-hydrogen) atoms. The van der Waals surface area contributed by atoms with Crippen molar-refractivity contribution in [3.63, 3.8) is 0 Å². The Kier molecular flexibility index (Phi) is 3.64. The van der Waals surface area contributed by atoms with Crippen LogP contribution in [0.4, 0.5) is 0 Å². The van der Waals surface area contributed by atoms with Gasteiger partial charge in [-0.05, 0) is 31.0 Å². The van der Waals surface area contributed by atoms with Gasteiger partial charge in [0, 0.05) is 10.4 Å². The van der Waals surface area contributed by atoms with Crippen molar-refractivity contribution in [2.75, 3.05) is 12.4 Å². The summed E-state index contributed by atoms with van der Waals surface area (Å²) in [4.78, 5) is 12.1. The molecule has 3 nitrogen and oxygen atoms in total. The molecule has 1 aromatic carbocycles. The van der Waals surface area contributed by atoms with Gasteiger partial charge < -0.3 is 10.1 Å². The maximum Gasteiger partial charge on any atom is 0.255 e. The van der Waals surface area contributed by atoms with E-state index >= 15 is 0 Å². The van der Waals surface area contributed by atoms with Crippen LogP contribution in [-0.2, 0) is 0 Å². The molecule has 5 heteroatoms. The highest BCUT2D eigenvalue weighted by molar-refractivity contribution is 9.09. The molecule has 1 N–H and O–H groups in total. The monoisotopic (exact) mass is 317 g/mol. The Bertz CT molecular complexity index is 446. The fourth-order valence-electron chi connectivity index (χ4n) is 1.60. The van der Waals surface area contributed by atoms with Crippen LogP contribution in [-0.4, -0.2) is 23.9 Å². The maximum absolute atomic E-state index is 12.1. The number of rotatable bonds is 4. The Balaban J connectivity index is 2.19. The first kappa shape index (κ1) is 12.7. The number of methoxy groups -OCH3 is 1. The van der Waals surface area contributed by atoms with E-state index in [9.17, 15) is 4.79 Å². The SMILES string of the molecule is COc1cc(Cl)ccc1C(=O)NC1(CBr)CC1. The van der Waals surface area contributed by atoms with Gasteiger partial charge in [-0.2, -0.15) is 0 Å². The molecule has 0 radical (unpaired) electrons. The molecule has 1 aliphatic carbocycles. The minimum absolute atomic E-state index is 0.0677. The van der Waals surface area contributed by atoms with Gasteiger partial charge in [0.1, 0.15) is 5.75 Å². The first-order valence-electron chi connectivity index (χ1n) is 5.32. The fraction of sp³-hybridized carbons (Fsp3) is 0.417. The number of ether oxygens (including phenoxy) is 1. The van der Waals surface area contributed by atoms with E-state index in [0.717, 1.165) is 18.2 Å². The van der Waals surface area contributed by atoms with E-state index < -0.39 is 0 Å². The van der Waals surface area contributed by atoms with Crippen LogP contribution in [0, 0.1) is 0 Å². The zero-order valence-corrected chi connectivity index (χ0v) is 11.8. The van der Waals surface area contributed by atoms with Crippen molar-refractivity contribution in [1.82, 2.24) is 5.32 Å². The third-order valence-corrected chi connectivity index (χ3v) is 4.20. The van der Waals surface area contributed by atoms with Crippen LogP contribution in [0.15, 0.2) is 18.2 Å². The van der Waals surface area contributed by atoms with Crippen molar-refractivity contribution in [2.45, 2.75) is 18.4 Å². The van der Waals surface area contributed by atoms with Crippen LogP contribution in [0.2, 0.25) is 5.02 Å². The number of benzene rings is 1. The van der Waals surface area contributed by atoms with Crippen LogP contribution >= 0.6 is 27.5 Å². The van der Waals surface area contributed by atoms with Gasteiger partial charge >= 0.3 is 0 Å². The average Bonchev–Trinajstić information content (AvgIpc) is 3.09. The summed E-state index contributed by atoms with van der Waals surface area (Å²) in [6, 6.07) is 5.01. The average molecular weight is 319 g/mol. The largest absolute Gasteiger partial charge is 0.496 e. The summed E-state index contributed by atoms with van der Waals surface area (Å²) in [6.45, 7) is 0. The topological polar surface area (TPSA) is 38.3 Å². The number of hydrogen-bond acceptors (Lipinski definition) is 2. The number of amides is 1. The maximum atomic E-state index is 12.1. The molecule has 1 aliphatic rings. The van der Waals surface area contributed by atoms with Crippen molar-refractivity contribution in [1.29, 1.82) is 0 Å². The van der Waals surface area contributed by atoms with Gasteiger partial charge in [-0.15, -0.1) is 0 Å². The van der Waals surface area contributed by atoms with Gasteiger partial charge in [-0.1, -0.05) is 27.5 Å². The summed E-state index contributed by atoms with van der Waals surface area (Å²) < 4.78 is 5.16. The Hall–Kier alpha value is -0.740. The molecule has 0 aromatic heterocycles. The Morgan fingerprint density at radius 2 is 2.29 bits per heavy atom. The van der Waals surface area contributed by atoms with E-state index in [-0.39, 0.29) is 11.4 Å². The van der Waals surface area contributed by atoms with E-state index in [1.54, 1.807) is 18.2 Å². The highest BCUT2D eigenvalue weighted by atomic mass is 79.9. The minimum Gasteiger partial charge on any atom is -0.496 e. The summed E-state index contributed by atoms with van der Waals surface area (Å²) in [5.41, 5.74) is 0.450. The van der Waals surface area contributed by atoms with Crippen molar-refractivity contribution in [3.05, 3.63) is 28.8 Å². The van der Waals surface area contributed by atoms with Gasteiger partial charge in [-0.25, -0.2) is 0 Å². The Labute approximate surface area is 114 Å². The van der Waals surface area contributed by atoms with Gasteiger partial charge in [0.15, 0.2) is 0 Å². The van der Waals surface area contributed by atoms with Gasteiger partial charge in [0.2, 0.25) is 0 Å². The van der Waals surface area contributed by atoms with Gasteiger partial charge in [0.25, 0.3) is 5.91 Å². The number of hydrogen-bond donors (Lipinski definition) is 1. The van der Waals surface area contributed by atoms with Crippen LogP contribution < -0.4 is 10.1 Å². The minimum atomic E-state index is -0.115. The number of carbonyl (C=O) groups excluding carboxylic acids is 1. The smallest absolute Gasteiger partial charge is 0.255 e. The quantitative estimate of drug-likeness (QED) is 0.867. The van der Waals surface area contributed by atoms with E-state index in [1.807, 2.05) is 0 Å². The molecular weight excluding hydrogens is 305 g/mol. The third-order valence-electron chi connectivity index (χ3n) is 2.90. The summed E-state index contributed by atoms with van der Waals surface area (Å²) in [7, 11) is 1.53. The highest BCUT2D eigenvalue weighted by Gasteiger charge is 2.43. The lowest BCUT2D eigenvalue weighted by molar-refractivity contribution is 0.0933. The Morgan fingerprint density at radius 3 is 2.82 bits per heavy atom. The molecule has 2 rings (SSSR count). The normalized spacial score (nSPS) is 16.4. The van der Waals surface area contributed by atoms with E-state index in [0.29, 0.717) is 16.3 Å². The van der Waals surface area contributed by atoms with Crippen molar-refractivity contribution < 1.29 is 9.53 Å². The fourth-order valence-corrected chi connectivity index (χ4v) is 2.47. The first-order valence-corrected chi connectivity index (χ1v) is 6.82. The van der Waals surface area contributed by atoms with Crippen molar-refractivity contribution in [2.24, 2.45) is 0 Å². The summed E-state index contributed by atoms with van der Waals surface area (Å²) >= 11 is 9.27. The summed E-state index contributed by atoms with van der Waals surface area (Å²) in [5.74, 6) is 0.385. The lowest BCUT2D eigenvalue weighted by atomic mass is 10.1. The second-order valence-electron chi connectivity index (χ2n) is 4.21. The van der Waals surface area contributed by atoms with E-state index in [4.69, 9.17) is 16.3 Å². The van der Waals surface area contributed by atoms with Crippen molar-refractivity contribution in [3.8, 4) is 5.75 Å². The second-order valence-corrected chi connectivity index (χ2v) is 5.21. The van der Waals surface area contributed by atoms with Crippen LogP contribution in [0.3, 0.4) is 0 Å². The molecule has 0 atom stereocenters. The van der Waals surface area contributed by atoms with Crippen LogP contribution in [0.25, 0.3) is 0 Å². The van der Waals surface area contributed by atoms with Crippen LogP contribution in [0.5, 0.6) is 5.75 Å². The third kappa shape index (κ3) is 2.75. The molecule has 0 aliphatic heterocycles. The van der Waals surface area contributed by atoms with Gasteiger partial charge in [0.05, 0.1) is 18.2 Å². The molecule has 0 spiro atoms. The zero-order chi connectivity index (χ0) is 12.5. The Morgan fingerprint density at radius 1 is 1.59 bits per heavy atom. The first-order chi connectivity index (χ1) is 8.10. The molecule has 1 saturated carbocycles. The van der Waals surface area contributed by atoms with Gasteiger partial charge in [-0.3, -0.25) is 4.79 Å². The molecule has 0 saturated heterocycles. The number of nitrogens with one attached hydrogen (secondary N) is 1. The number of halogens is 2. The molecule has 0 heterocycles. The predicted molar refractivity (Wildman–Crippen MR) is 71.2 cm³/mol. The lowest BCUT2D eigenvalue weighted by Gasteiger charge is -2.15. The molecule has 1 amide bonds. The van der Waals surface area contributed by atoms with E-state index in [1.165, 1.54) is 7.11 Å². The zero-order valence-electron chi connectivity index (χ0n) is 9.43. The molecule has 0 unspecified atom stereocenters. The predicted octanol–water partition coefficient (Wildman–Crippen LogP) is 3.01. The van der Waals surface area contributed by atoms with E-state index in [2.05, 4.69) is 21.2 Å². The number of carbonyl (C=O) groups is 1. The molecule has 0 bridgehead atoms. The summed E-state index contributed by atoms with van der Waals surface area (Å²) in [6.07, 6.45) is 2.03. The van der Waals surface area contributed by atoms with Crippen molar-refractivity contribution >= 4 is 33.4 Å². The second kappa shape index (κ2) is 4.86. The standard InChI is InChI=1S/C12H13BrClNO2/c1-17-10-6-8(14)2-3-9(10)11(16)15-12(7-13)4-5-12/h2-3,6H,4-5,7H2,1H3,(H,15,16). The molecule has 1 fully saturated rings. The highest BCUT2D eigenvalue weighted by Crippen LogP contribution is 2.37. The lowest BCUT2D eigenvalue weighted by Crippen LogP contribution is -2.38. The number of alkyl halides is 1. The molecule has 1 aromatic rings. The molecular formula is C12H13BrClNO2. The molecule has 92 valence electrons. The summed E-state index contributed by atoms with van der Waals surface area (Å²) in [5, 5.41) is 4.35. The van der Waals surface area contributed by atoms with Crippen LogP contribution in [0.1, 0.15) is 23.2 Å².